The molecule has 0 aliphatic carbocycles. The second-order valence-electron chi connectivity index (χ2n) is 7.82. The highest BCUT2D eigenvalue weighted by Gasteiger charge is 2.26. The summed E-state index contributed by atoms with van der Waals surface area (Å²) in [7, 11) is 0. The largest absolute Gasteiger partial charge is 0.494 e. The van der Waals surface area contributed by atoms with E-state index in [1.807, 2.05) is 36.1 Å². The first-order chi connectivity index (χ1) is 13.7. The first-order valence-electron chi connectivity index (χ1n) is 10.7. The summed E-state index contributed by atoms with van der Waals surface area (Å²) in [6.07, 6.45) is 5.35. The summed E-state index contributed by atoms with van der Waals surface area (Å²) in [5.41, 5.74) is 1.15. The van der Waals surface area contributed by atoms with Crippen molar-refractivity contribution in [2.24, 2.45) is 5.92 Å². The third kappa shape index (κ3) is 5.96. The predicted molar refractivity (Wildman–Crippen MR) is 109 cm³/mol. The molecule has 0 bridgehead atoms. The lowest BCUT2D eigenvalue weighted by Crippen LogP contribution is -2.46. The molecule has 2 aliphatic rings. The quantitative estimate of drug-likeness (QED) is 0.717. The minimum atomic E-state index is -0.0320. The van der Waals surface area contributed by atoms with Crippen molar-refractivity contribution in [3.05, 3.63) is 29.8 Å². The summed E-state index contributed by atoms with van der Waals surface area (Å²) in [4.78, 5) is 26.8. The van der Waals surface area contributed by atoms with Crippen LogP contribution in [0, 0.1) is 5.92 Å². The molecule has 28 heavy (non-hydrogen) atoms. The fourth-order valence-corrected chi connectivity index (χ4v) is 4.06. The van der Waals surface area contributed by atoms with Crippen LogP contribution in [0.4, 0.5) is 0 Å². The maximum atomic E-state index is 12.6. The van der Waals surface area contributed by atoms with E-state index in [1.54, 1.807) is 0 Å². The molecule has 154 valence electrons. The number of hydrogen-bond donors (Lipinski definition) is 2. The number of likely N-dealkylation sites (tertiary alicyclic amines) is 1. The first-order valence-corrected chi connectivity index (χ1v) is 10.7. The lowest BCUT2D eigenvalue weighted by atomic mass is 9.97. The molecule has 2 N–H and O–H groups in total. The Kier molecular flexibility index (Phi) is 7.71. The van der Waals surface area contributed by atoms with E-state index in [1.165, 1.54) is 0 Å². The number of nitrogens with one attached hydrogen (secondary N) is 2. The third-order valence-electron chi connectivity index (χ3n) is 5.68. The zero-order chi connectivity index (χ0) is 19.8. The van der Waals surface area contributed by atoms with E-state index in [4.69, 9.17) is 4.74 Å². The standard InChI is InChI=1S/C22H33N3O3/c1-2-28-19-10-7-17(8-11-19)9-12-21(26)25-14-4-5-18(16-25)15-24-22(27)20-6-3-13-23-20/h7-8,10-11,18,20,23H,2-6,9,12-16H2,1H3,(H,24,27). The molecule has 2 unspecified atom stereocenters. The van der Waals surface area contributed by atoms with Crippen molar-refractivity contribution in [1.82, 2.24) is 15.5 Å². The Morgan fingerprint density at radius 3 is 2.75 bits per heavy atom. The number of carbonyl (C=O) groups is 2. The van der Waals surface area contributed by atoms with Gasteiger partial charge in [-0.1, -0.05) is 12.1 Å². The number of hydrogen-bond acceptors (Lipinski definition) is 4. The van der Waals surface area contributed by atoms with Gasteiger partial charge < -0.3 is 20.3 Å². The van der Waals surface area contributed by atoms with Crippen molar-refractivity contribution in [2.75, 3.05) is 32.8 Å². The summed E-state index contributed by atoms with van der Waals surface area (Å²) < 4.78 is 5.46. The normalized spacial score (nSPS) is 22.1. The summed E-state index contributed by atoms with van der Waals surface area (Å²) >= 11 is 0. The Hall–Kier alpha value is -2.08. The summed E-state index contributed by atoms with van der Waals surface area (Å²) in [6, 6.07) is 7.95. The van der Waals surface area contributed by atoms with Crippen LogP contribution in [0.15, 0.2) is 24.3 Å². The summed E-state index contributed by atoms with van der Waals surface area (Å²) in [6.45, 7) is 5.80. The van der Waals surface area contributed by atoms with E-state index < -0.39 is 0 Å². The maximum absolute atomic E-state index is 12.6. The molecule has 0 spiro atoms. The molecular formula is C22H33N3O3. The molecule has 2 heterocycles. The van der Waals surface area contributed by atoms with E-state index in [2.05, 4.69) is 10.6 Å². The van der Waals surface area contributed by atoms with E-state index in [-0.39, 0.29) is 17.9 Å². The lowest BCUT2D eigenvalue weighted by molar-refractivity contribution is -0.132. The van der Waals surface area contributed by atoms with Crippen molar-refractivity contribution in [3.63, 3.8) is 0 Å². The highest BCUT2D eigenvalue weighted by Crippen LogP contribution is 2.18. The maximum Gasteiger partial charge on any atom is 0.237 e. The smallest absolute Gasteiger partial charge is 0.237 e. The molecule has 0 radical (unpaired) electrons. The van der Waals surface area contributed by atoms with E-state index in [0.717, 1.165) is 63.1 Å². The molecule has 2 amide bonds. The first kappa shape index (κ1) is 20.6. The van der Waals surface area contributed by atoms with Crippen LogP contribution in [0.3, 0.4) is 0 Å². The number of nitrogens with zero attached hydrogens (tertiary/aromatic N) is 1. The number of aryl methyl sites for hydroxylation is 1. The van der Waals surface area contributed by atoms with Crippen molar-refractivity contribution in [1.29, 1.82) is 0 Å². The summed E-state index contributed by atoms with van der Waals surface area (Å²) in [5.74, 6) is 1.54. The zero-order valence-corrected chi connectivity index (χ0v) is 16.9. The Labute approximate surface area is 168 Å². The second-order valence-corrected chi connectivity index (χ2v) is 7.82. The van der Waals surface area contributed by atoms with Gasteiger partial charge in [-0.25, -0.2) is 0 Å². The molecule has 6 heteroatoms. The number of rotatable bonds is 8. The minimum Gasteiger partial charge on any atom is -0.494 e. The molecule has 0 saturated carbocycles. The van der Waals surface area contributed by atoms with E-state index >= 15 is 0 Å². The van der Waals surface area contributed by atoms with Crippen molar-refractivity contribution in [3.8, 4) is 5.75 Å². The van der Waals surface area contributed by atoms with Crippen LogP contribution in [-0.4, -0.2) is 55.5 Å². The number of carbonyl (C=O) groups excluding carboxylic acids is 2. The summed E-state index contributed by atoms with van der Waals surface area (Å²) in [5, 5.41) is 6.31. The van der Waals surface area contributed by atoms with Gasteiger partial charge in [0.15, 0.2) is 0 Å². The number of benzene rings is 1. The van der Waals surface area contributed by atoms with Gasteiger partial charge in [-0.05, 0) is 69.2 Å². The molecule has 0 aromatic heterocycles. The van der Waals surface area contributed by atoms with Crippen LogP contribution >= 0.6 is 0 Å². The van der Waals surface area contributed by atoms with Crippen molar-refractivity contribution >= 4 is 11.8 Å². The number of ether oxygens (including phenoxy) is 1. The molecule has 2 saturated heterocycles. The predicted octanol–water partition coefficient (Wildman–Crippen LogP) is 2.12. The lowest BCUT2D eigenvalue weighted by Gasteiger charge is -2.33. The van der Waals surface area contributed by atoms with Crippen LogP contribution < -0.4 is 15.4 Å². The molecule has 1 aromatic carbocycles. The van der Waals surface area contributed by atoms with Crippen LogP contribution in [0.25, 0.3) is 0 Å². The molecule has 2 aliphatic heterocycles. The third-order valence-corrected chi connectivity index (χ3v) is 5.68. The molecule has 1 aromatic rings. The highest BCUT2D eigenvalue weighted by molar-refractivity contribution is 5.82. The molecule has 2 fully saturated rings. The minimum absolute atomic E-state index is 0.0320. The van der Waals surface area contributed by atoms with Gasteiger partial charge in [0.05, 0.1) is 12.6 Å². The van der Waals surface area contributed by atoms with Gasteiger partial charge in [0.25, 0.3) is 0 Å². The van der Waals surface area contributed by atoms with Crippen molar-refractivity contribution in [2.45, 2.75) is 51.5 Å². The van der Waals surface area contributed by atoms with Gasteiger partial charge in [-0.15, -0.1) is 0 Å². The highest BCUT2D eigenvalue weighted by atomic mass is 16.5. The van der Waals surface area contributed by atoms with Crippen molar-refractivity contribution < 1.29 is 14.3 Å². The SMILES string of the molecule is CCOc1ccc(CCC(=O)N2CCCC(CNC(=O)C3CCCN3)C2)cc1. The Morgan fingerprint density at radius 1 is 1.21 bits per heavy atom. The number of amides is 2. The van der Waals surface area contributed by atoms with Gasteiger partial charge in [-0.2, -0.15) is 0 Å². The Balaban J connectivity index is 1.40. The van der Waals surface area contributed by atoms with Crippen LogP contribution in [0.1, 0.15) is 44.6 Å². The second kappa shape index (κ2) is 10.5. The fraction of sp³-hybridized carbons (Fsp3) is 0.636. The average Bonchev–Trinajstić information content (AvgIpc) is 3.27. The Morgan fingerprint density at radius 2 is 2.04 bits per heavy atom. The molecular weight excluding hydrogens is 354 g/mol. The monoisotopic (exact) mass is 387 g/mol. The van der Waals surface area contributed by atoms with E-state index in [0.29, 0.717) is 25.5 Å². The van der Waals surface area contributed by atoms with Crippen LogP contribution in [0.2, 0.25) is 0 Å². The van der Waals surface area contributed by atoms with E-state index in [9.17, 15) is 9.59 Å². The van der Waals surface area contributed by atoms with Crippen LogP contribution in [-0.2, 0) is 16.0 Å². The van der Waals surface area contributed by atoms with Gasteiger partial charge >= 0.3 is 0 Å². The van der Waals surface area contributed by atoms with Gasteiger partial charge in [-0.3, -0.25) is 9.59 Å². The fourth-order valence-electron chi connectivity index (χ4n) is 4.06. The Bertz CT molecular complexity index is 641. The average molecular weight is 388 g/mol. The molecule has 3 rings (SSSR count). The zero-order valence-electron chi connectivity index (χ0n) is 16.9. The topological polar surface area (TPSA) is 70.7 Å². The number of piperidine rings is 1. The van der Waals surface area contributed by atoms with Gasteiger partial charge in [0.1, 0.15) is 5.75 Å². The molecule has 6 nitrogen and oxygen atoms in total. The van der Waals surface area contributed by atoms with Gasteiger partial charge in [0, 0.05) is 26.1 Å². The van der Waals surface area contributed by atoms with Crippen LogP contribution in [0.5, 0.6) is 5.75 Å². The molecule has 2 atom stereocenters. The van der Waals surface area contributed by atoms with Gasteiger partial charge in [0.2, 0.25) is 11.8 Å².